The summed E-state index contributed by atoms with van der Waals surface area (Å²) in [5, 5.41) is 11.7. The van der Waals surface area contributed by atoms with E-state index in [-0.39, 0.29) is 23.9 Å². The summed E-state index contributed by atoms with van der Waals surface area (Å²) in [5.41, 5.74) is 2.73. The molecule has 8 heteroatoms. The van der Waals surface area contributed by atoms with Gasteiger partial charge in [0.1, 0.15) is 0 Å². The van der Waals surface area contributed by atoms with Crippen LogP contribution in [0, 0.1) is 5.92 Å². The van der Waals surface area contributed by atoms with Gasteiger partial charge in [0.05, 0.1) is 16.9 Å². The highest BCUT2D eigenvalue weighted by atomic mass is 35.5. The Bertz CT molecular complexity index is 1090. The van der Waals surface area contributed by atoms with Crippen LogP contribution in [0.25, 0.3) is 22.2 Å². The van der Waals surface area contributed by atoms with Crippen molar-refractivity contribution in [3.05, 3.63) is 41.7 Å². The van der Waals surface area contributed by atoms with Crippen molar-refractivity contribution in [1.82, 2.24) is 25.6 Å². The lowest BCUT2D eigenvalue weighted by Crippen LogP contribution is -2.46. The number of para-hydroxylation sites is 1. The molecule has 0 bridgehead atoms. The number of piperidine rings is 1. The van der Waals surface area contributed by atoms with Crippen molar-refractivity contribution in [1.29, 1.82) is 0 Å². The van der Waals surface area contributed by atoms with Crippen LogP contribution >= 0.6 is 11.6 Å². The highest BCUT2D eigenvalue weighted by Gasteiger charge is 2.27. The summed E-state index contributed by atoms with van der Waals surface area (Å²) in [6, 6.07) is 8.52. The summed E-state index contributed by atoms with van der Waals surface area (Å²) in [4.78, 5) is 25.1. The first-order valence-corrected chi connectivity index (χ1v) is 11.9. The second-order valence-electron chi connectivity index (χ2n) is 8.88. The zero-order valence-corrected chi connectivity index (χ0v) is 18.8. The summed E-state index contributed by atoms with van der Waals surface area (Å²) in [6.45, 7) is 1.86. The van der Waals surface area contributed by atoms with Gasteiger partial charge in [0.15, 0.2) is 0 Å². The first kappa shape index (κ1) is 21.2. The second-order valence-corrected chi connectivity index (χ2v) is 9.28. The van der Waals surface area contributed by atoms with E-state index in [1.165, 1.54) is 0 Å². The Morgan fingerprint density at radius 2 is 1.91 bits per heavy atom. The second kappa shape index (κ2) is 9.46. The van der Waals surface area contributed by atoms with Gasteiger partial charge >= 0.3 is 0 Å². The molecular formula is C24H29ClN6O. The molecule has 3 aromatic rings. The summed E-state index contributed by atoms with van der Waals surface area (Å²) in [7, 11) is 0. The van der Waals surface area contributed by atoms with Crippen LogP contribution < -0.4 is 16.0 Å². The molecule has 0 spiro atoms. The molecule has 1 amide bonds. The molecule has 2 atom stereocenters. The van der Waals surface area contributed by atoms with Gasteiger partial charge in [0, 0.05) is 40.7 Å². The van der Waals surface area contributed by atoms with Gasteiger partial charge in [-0.1, -0.05) is 29.8 Å². The lowest BCUT2D eigenvalue weighted by Gasteiger charge is -2.32. The molecule has 7 nitrogen and oxygen atoms in total. The largest absolute Gasteiger partial charge is 0.360 e. The monoisotopic (exact) mass is 452 g/mol. The van der Waals surface area contributed by atoms with Crippen molar-refractivity contribution in [2.45, 2.75) is 50.6 Å². The third-order valence-corrected chi connectivity index (χ3v) is 6.93. The molecule has 1 saturated carbocycles. The van der Waals surface area contributed by atoms with Crippen LogP contribution in [0.4, 0.5) is 5.95 Å². The highest BCUT2D eigenvalue weighted by molar-refractivity contribution is 6.33. The number of nitrogens with zero attached hydrogens (tertiary/aromatic N) is 2. The van der Waals surface area contributed by atoms with Gasteiger partial charge in [0.2, 0.25) is 11.9 Å². The zero-order valence-electron chi connectivity index (χ0n) is 18.0. The summed E-state index contributed by atoms with van der Waals surface area (Å²) >= 11 is 6.47. The Balaban J connectivity index is 1.27. The summed E-state index contributed by atoms with van der Waals surface area (Å²) in [6.07, 6.45) is 9.46. The average Bonchev–Trinajstić information content (AvgIpc) is 3.25. The molecule has 3 heterocycles. The number of amides is 1. The predicted molar refractivity (Wildman–Crippen MR) is 128 cm³/mol. The fourth-order valence-electron chi connectivity index (χ4n) is 4.93. The topological polar surface area (TPSA) is 94.7 Å². The molecule has 5 rings (SSSR count). The molecule has 1 saturated heterocycles. The smallest absolute Gasteiger partial charge is 0.223 e. The van der Waals surface area contributed by atoms with E-state index in [9.17, 15) is 4.79 Å². The van der Waals surface area contributed by atoms with Crippen LogP contribution in [0.2, 0.25) is 5.02 Å². The Morgan fingerprint density at radius 1 is 1.09 bits per heavy atom. The molecule has 1 aromatic carbocycles. The summed E-state index contributed by atoms with van der Waals surface area (Å²) < 4.78 is 0. The van der Waals surface area contributed by atoms with Crippen molar-refractivity contribution >= 4 is 34.4 Å². The number of aromatic amines is 1. The number of fused-ring (bicyclic) bond motifs is 1. The number of nitrogens with one attached hydrogen (secondary N) is 4. The average molecular weight is 453 g/mol. The van der Waals surface area contributed by atoms with E-state index in [1.807, 2.05) is 24.4 Å². The first-order chi connectivity index (χ1) is 15.7. The van der Waals surface area contributed by atoms with Gasteiger partial charge in [-0.15, -0.1) is 0 Å². The summed E-state index contributed by atoms with van der Waals surface area (Å²) in [5.74, 6) is 0.925. The molecule has 1 aliphatic carbocycles. The quantitative estimate of drug-likeness (QED) is 0.467. The molecule has 0 unspecified atom stereocenters. The maximum absolute atomic E-state index is 12.7. The number of carbonyl (C=O) groups is 1. The minimum atomic E-state index is 0.142. The van der Waals surface area contributed by atoms with Crippen LogP contribution in [0.15, 0.2) is 36.7 Å². The Hall–Kier alpha value is -2.64. The molecule has 2 aromatic heterocycles. The first-order valence-electron chi connectivity index (χ1n) is 11.5. The van der Waals surface area contributed by atoms with Gasteiger partial charge < -0.3 is 20.9 Å². The Morgan fingerprint density at radius 3 is 2.78 bits per heavy atom. The Labute approximate surface area is 192 Å². The van der Waals surface area contributed by atoms with Gasteiger partial charge in [0.25, 0.3) is 0 Å². The fourth-order valence-corrected chi connectivity index (χ4v) is 5.12. The van der Waals surface area contributed by atoms with Crippen molar-refractivity contribution in [3.63, 3.8) is 0 Å². The van der Waals surface area contributed by atoms with Crippen LogP contribution in [-0.2, 0) is 4.79 Å². The van der Waals surface area contributed by atoms with Crippen molar-refractivity contribution in [2.75, 3.05) is 18.4 Å². The van der Waals surface area contributed by atoms with Crippen molar-refractivity contribution in [3.8, 4) is 11.3 Å². The lowest BCUT2D eigenvalue weighted by atomic mass is 9.89. The molecular weight excluding hydrogens is 424 g/mol. The predicted octanol–water partition coefficient (Wildman–Crippen LogP) is 4.12. The third kappa shape index (κ3) is 4.59. The van der Waals surface area contributed by atoms with Gasteiger partial charge in [-0.2, -0.15) is 0 Å². The van der Waals surface area contributed by atoms with E-state index in [4.69, 9.17) is 16.6 Å². The van der Waals surface area contributed by atoms with Gasteiger partial charge in [-0.05, 0) is 57.7 Å². The van der Waals surface area contributed by atoms with Crippen LogP contribution in [0.3, 0.4) is 0 Å². The Kier molecular flexibility index (Phi) is 6.28. The van der Waals surface area contributed by atoms with Crippen LogP contribution in [0.1, 0.15) is 38.5 Å². The molecule has 1 aliphatic heterocycles. The highest BCUT2D eigenvalue weighted by Crippen LogP contribution is 2.32. The number of hydrogen-bond acceptors (Lipinski definition) is 5. The fraction of sp³-hybridized carbons (Fsp3) is 0.458. The SMILES string of the molecule is O=C(N[C@@H]1CCC[C@H](Nc2ncc(Cl)c(-c3c[nH]c4ccccc34)n2)C1)C1CCNCC1. The number of halogens is 1. The molecule has 2 fully saturated rings. The van der Waals surface area contributed by atoms with Crippen molar-refractivity contribution in [2.24, 2.45) is 5.92 Å². The molecule has 32 heavy (non-hydrogen) atoms. The zero-order chi connectivity index (χ0) is 21.9. The molecule has 0 radical (unpaired) electrons. The minimum absolute atomic E-state index is 0.142. The third-order valence-electron chi connectivity index (χ3n) is 6.65. The van der Waals surface area contributed by atoms with Crippen LogP contribution in [-0.4, -0.2) is 46.0 Å². The molecule has 4 N–H and O–H groups in total. The number of anilines is 1. The number of H-pyrrole nitrogens is 1. The normalized spacial score (nSPS) is 22.0. The van der Waals surface area contributed by atoms with Crippen LogP contribution in [0.5, 0.6) is 0 Å². The lowest BCUT2D eigenvalue weighted by molar-refractivity contribution is -0.126. The molecule has 2 aliphatic rings. The van der Waals surface area contributed by atoms with Gasteiger partial charge in [-0.3, -0.25) is 4.79 Å². The number of aromatic nitrogens is 3. The number of hydrogen-bond donors (Lipinski definition) is 4. The van der Waals surface area contributed by atoms with Crippen molar-refractivity contribution < 1.29 is 4.79 Å². The van der Waals surface area contributed by atoms with E-state index in [1.54, 1.807) is 6.20 Å². The van der Waals surface area contributed by atoms with E-state index in [2.05, 4.69) is 32.0 Å². The van der Waals surface area contributed by atoms with Gasteiger partial charge in [-0.25, -0.2) is 9.97 Å². The van der Waals surface area contributed by atoms with E-state index in [0.29, 0.717) is 16.7 Å². The molecule has 168 valence electrons. The maximum Gasteiger partial charge on any atom is 0.223 e. The van der Waals surface area contributed by atoms with E-state index >= 15 is 0 Å². The minimum Gasteiger partial charge on any atom is -0.360 e. The standard InChI is InChI=1S/C24H29ClN6O/c25-20-14-28-24(31-22(20)19-13-27-21-7-2-1-6-18(19)21)30-17-5-3-4-16(12-17)29-23(32)15-8-10-26-11-9-15/h1-2,6-7,13-17,26-27H,3-5,8-12H2,(H,29,32)(H,28,30,31)/t16-,17+/m1/s1. The van der Waals surface area contributed by atoms with E-state index < -0.39 is 0 Å². The van der Waals surface area contributed by atoms with E-state index in [0.717, 1.165) is 68.1 Å². The maximum atomic E-state index is 12.7. The number of carbonyl (C=O) groups excluding carboxylic acids is 1. The number of rotatable bonds is 5. The number of benzene rings is 1.